The molecule has 0 atom stereocenters. The van der Waals surface area contributed by atoms with Crippen LogP contribution >= 0.6 is 0 Å². The molecule has 24 heavy (non-hydrogen) atoms. The predicted octanol–water partition coefficient (Wildman–Crippen LogP) is 3.48. The quantitative estimate of drug-likeness (QED) is 0.548. The van der Waals surface area contributed by atoms with Crippen molar-refractivity contribution in [3.63, 3.8) is 0 Å². The highest BCUT2D eigenvalue weighted by Gasteiger charge is 2.08. The van der Waals surface area contributed by atoms with Crippen molar-refractivity contribution in [1.29, 1.82) is 0 Å². The van der Waals surface area contributed by atoms with Crippen LogP contribution in [0.4, 0.5) is 0 Å². The number of ether oxygens (including phenoxy) is 4. The van der Waals surface area contributed by atoms with Gasteiger partial charge in [0, 0.05) is 19.8 Å². The van der Waals surface area contributed by atoms with E-state index < -0.39 is 0 Å². The second-order valence-corrected chi connectivity index (χ2v) is 5.23. The summed E-state index contributed by atoms with van der Waals surface area (Å²) < 4.78 is 20.8. The summed E-state index contributed by atoms with van der Waals surface area (Å²) in [5.74, 6) is -0.340. The molecule has 0 heterocycles. The lowest BCUT2D eigenvalue weighted by Crippen LogP contribution is -2.03. The lowest BCUT2D eigenvalue weighted by atomic mass is 10.1. The van der Waals surface area contributed by atoms with Crippen LogP contribution in [0.25, 0.3) is 0 Å². The zero-order chi connectivity index (χ0) is 17.4. The van der Waals surface area contributed by atoms with Crippen LogP contribution in [0.2, 0.25) is 0 Å². The molecule has 2 aromatic carbocycles. The Labute approximate surface area is 142 Å². The zero-order valence-corrected chi connectivity index (χ0v) is 14.2. The standard InChI is InChI=1S/C19H22O5/c1-21-18(20)16-8-4-14(5-9-16)12-24-13-15-6-10-17(11-7-15)19(22-2)23-3/h4-11,19H,12-13H2,1-3H3. The highest BCUT2D eigenvalue weighted by molar-refractivity contribution is 5.89. The summed E-state index contributed by atoms with van der Waals surface area (Å²) in [4.78, 5) is 11.4. The molecule has 0 radical (unpaired) electrons. The van der Waals surface area contributed by atoms with Crippen LogP contribution in [-0.2, 0) is 32.2 Å². The minimum absolute atomic E-state index is 0.340. The molecule has 0 unspecified atom stereocenters. The van der Waals surface area contributed by atoms with Crippen LogP contribution in [0.3, 0.4) is 0 Å². The van der Waals surface area contributed by atoms with E-state index in [1.54, 1.807) is 26.4 Å². The summed E-state index contributed by atoms with van der Waals surface area (Å²) in [6, 6.07) is 15.1. The fourth-order valence-corrected chi connectivity index (χ4v) is 2.28. The number of benzene rings is 2. The van der Waals surface area contributed by atoms with E-state index in [0.717, 1.165) is 16.7 Å². The van der Waals surface area contributed by atoms with Gasteiger partial charge in [-0.1, -0.05) is 36.4 Å². The summed E-state index contributed by atoms with van der Waals surface area (Å²) in [5, 5.41) is 0. The Morgan fingerprint density at radius 3 is 1.79 bits per heavy atom. The van der Waals surface area contributed by atoms with Gasteiger partial charge in [-0.2, -0.15) is 0 Å². The first-order valence-corrected chi connectivity index (χ1v) is 7.57. The largest absolute Gasteiger partial charge is 0.465 e. The molecule has 0 saturated heterocycles. The van der Waals surface area contributed by atoms with Crippen molar-refractivity contribution in [2.75, 3.05) is 21.3 Å². The lowest BCUT2D eigenvalue weighted by Gasteiger charge is -2.14. The molecule has 0 amide bonds. The number of methoxy groups -OCH3 is 3. The van der Waals surface area contributed by atoms with Crippen LogP contribution < -0.4 is 0 Å². The molecule has 0 spiro atoms. The fraction of sp³-hybridized carbons (Fsp3) is 0.316. The van der Waals surface area contributed by atoms with E-state index in [1.807, 2.05) is 36.4 Å². The average Bonchev–Trinajstić information content (AvgIpc) is 2.64. The number of esters is 1. The third-order valence-corrected chi connectivity index (χ3v) is 3.59. The van der Waals surface area contributed by atoms with Crippen LogP contribution in [0.5, 0.6) is 0 Å². The van der Waals surface area contributed by atoms with Gasteiger partial charge in [-0.3, -0.25) is 0 Å². The van der Waals surface area contributed by atoms with Crippen LogP contribution in [0, 0.1) is 0 Å². The molecular weight excluding hydrogens is 308 g/mol. The Bertz CT molecular complexity index is 630. The van der Waals surface area contributed by atoms with Gasteiger partial charge in [-0.05, 0) is 23.3 Å². The molecule has 2 aromatic rings. The minimum Gasteiger partial charge on any atom is -0.465 e. The summed E-state index contributed by atoms with van der Waals surface area (Å²) in [5.41, 5.74) is 3.55. The number of rotatable bonds is 8. The summed E-state index contributed by atoms with van der Waals surface area (Å²) in [6.07, 6.45) is -0.353. The Morgan fingerprint density at radius 1 is 0.833 bits per heavy atom. The number of carbonyl (C=O) groups excluding carboxylic acids is 1. The Balaban J connectivity index is 1.84. The molecule has 0 fully saturated rings. The molecule has 0 aliphatic heterocycles. The van der Waals surface area contributed by atoms with Gasteiger partial charge in [-0.25, -0.2) is 4.79 Å². The SMILES string of the molecule is COC(=O)c1ccc(COCc2ccc(C(OC)OC)cc2)cc1. The van der Waals surface area contributed by atoms with Crippen LogP contribution in [-0.4, -0.2) is 27.3 Å². The maximum Gasteiger partial charge on any atom is 0.337 e. The second-order valence-electron chi connectivity index (χ2n) is 5.23. The van der Waals surface area contributed by atoms with Crippen molar-refractivity contribution in [1.82, 2.24) is 0 Å². The Morgan fingerprint density at radius 2 is 1.33 bits per heavy atom. The molecule has 0 saturated carbocycles. The zero-order valence-electron chi connectivity index (χ0n) is 14.2. The summed E-state index contributed by atoms with van der Waals surface area (Å²) >= 11 is 0. The molecule has 5 heteroatoms. The molecular formula is C19H22O5. The number of hydrogen-bond donors (Lipinski definition) is 0. The van der Waals surface area contributed by atoms with Crippen molar-refractivity contribution >= 4 is 5.97 Å². The van der Waals surface area contributed by atoms with Gasteiger partial charge in [0.25, 0.3) is 0 Å². The third-order valence-electron chi connectivity index (χ3n) is 3.59. The lowest BCUT2D eigenvalue weighted by molar-refractivity contribution is -0.106. The Kier molecular flexibility index (Phi) is 6.93. The van der Waals surface area contributed by atoms with E-state index in [-0.39, 0.29) is 12.3 Å². The van der Waals surface area contributed by atoms with Crippen molar-refractivity contribution < 1.29 is 23.7 Å². The van der Waals surface area contributed by atoms with E-state index in [0.29, 0.717) is 18.8 Å². The first kappa shape index (κ1) is 18.1. The van der Waals surface area contributed by atoms with Gasteiger partial charge in [-0.15, -0.1) is 0 Å². The molecule has 0 aliphatic rings. The first-order chi connectivity index (χ1) is 11.7. The smallest absolute Gasteiger partial charge is 0.337 e. The highest BCUT2D eigenvalue weighted by atomic mass is 16.7. The minimum atomic E-state index is -0.353. The van der Waals surface area contributed by atoms with Crippen molar-refractivity contribution in [2.45, 2.75) is 19.5 Å². The fourth-order valence-electron chi connectivity index (χ4n) is 2.28. The topological polar surface area (TPSA) is 54.0 Å². The molecule has 0 bridgehead atoms. The molecule has 2 rings (SSSR count). The van der Waals surface area contributed by atoms with Crippen molar-refractivity contribution in [3.05, 3.63) is 70.8 Å². The van der Waals surface area contributed by atoms with Gasteiger partial charge in [0.2, 0.25) is 0 Å². The van der Waals surface area contributed by atoms with Crippen molar-refractivity contribution in [3.8, 4) is 0 Å². The van der Waals surface area contributed by atoms with E-state index in [1.165, 1.54) is 7.11 Å². The van der Waals surface area contributed by atoms with E-state index in [4.69, 9.17) is 14.2 Å². The summed E-state index contributed by atoms with van der Waals surface area (Å²) in [6.45, 7) is 0.978. The normalized spacial score (nSPS) is 10.8. The number of carbonyl (C=O) groups is 1. The molecule has 0 aromatic heterocycles. The van der Waals surface area contributed by atoms with E-state index in [2.05, 4.69) is 4.74 Å². The van der Waals surface area contributed by atoms with Gasteiger partial charge in [0.1, 0.15) is 0 Å². The van der Waals surface area contributed by atoms with E-state index >= 15 is 0 Å². The van der Waals surface area contributed by atoms with Gasteiger partial charge < -0.3 is 18.9 Å². The Hall–Kier alpha value is -2.21. The van der Waals surface area contributed by atoms with Gasteiger partial charge >= 0.3 is 5.97 Å². The molecule has 128 valence electrons. The second kappa shape index (κ2) is 9.17. The summed E-state index contributed by atoms with van der Waals surface area (Å²) in [7, 11) is 4.58. The van der Waals surface area contributed by atoms with Crippen LogP contribution in [0.15, 0.2) is 48.5 Å². The van der Waals surface area contributed by atoms with Crippen molar-refractivity contribution in [2.24, 2.45) is 0 Å². The third kappa shape index (κ3) is 4.89. The highest BCUT2D eigenvalue weighted by Crippen LogP contribution is 2.18. The van der Waals surface area contributed by atoms with Gasteiger partial charge in [0.05, 0.1) is 25.9 Å². The monoisotopic (exact) mass is 330 g/mol. The molecule has 0 aliphatic carbocycles. The maximum atomic E-state index is 11.4. The van der Waals surface area contributed by atoms with E-state index in [9.17, 15) is 4.79 Å². The van der Waals surface area contributed by atoms with Gasteiger partial charge in [0.15, 0.2) is 6.29 Å². The number of hydrogen-bond acceptors (Lipinski definition) is 5. The first-order valence-electron chi connectivity index (χ1n) is 7.57. The van der Waals surface area contributed by atoms with Crippen LogP contribution in [0.1, 0.15) is 33.3 Å². The molecule has 0 N–H and O–H groups in total. The maximum absolute atomic E-state index is 11.4. The average molecular weight is 330 g/mol. The molecule has 5 nitrogen and oxygen atoms in total. The predicted molar refractivity (Wildman–Crippen MR) is 89.5 cm³/mol.